The van der Waals surface area contributed by atoms with Crippen LogP contribution < -0.4 is 10.6 Å². The van der Waals surface area contributed by atoms with E-state index in [1.165, 1.54) is 28.8 Å². The molecule has 13 heteroatoms. The molecule has 13 nitrogen and oxygen atoms in total. The van der Waals surface area contributed by atoms with Crippen molar-refractivity contribution in [2.45, 2.75) is 103 Å². The number of carbonyl (C=O) groups is 6. The van der Waals surface area contributed by atoms with Crippen LogP contribution in [0.1, 0.15) is 66.7 Å². The average Bonchev–Trinajstić information content (AvgIpc) is 3.63. The van der Waals surface area contributed by atoms with Crippen LogP contribution in [0, 0.1) is 11.8 Å². The van der Waals surface area contributed by atoms with Crippen molar-refractivity contribution in [3.63, 3.8) is 0 Å². The molecule has 3 heterocycles. The number of nitrogens with zero attached hydrogens (tertiary/aromatic N) is 3. The fraction of sp³-hybridized carbons (Fsp3) is 0.793. The molecule has 3 saturated heterocycles. The Morgan fingerprint density at radius 3 is 2.21 bits per heavy atom. The van der Waals surface area contributed by atoms with Gasteiger partial charge in [0.2, 0.25) is 23.6 Å². The number of carbonyl (C=O) groups excluding carboxylic acids is 6. The third kappa shape index (κ3) is 7.78. The standard InChI is InChI=1S/C29H47N5O8/c1-8-17(4)23-28(39)33(7)24(16(2)3)29(40)32(6)18(5)25(36)30-12-11-22(35)42-21(14-19-15-41-19)27(38)34-13-9-10-20(34)26(37)31-23/h16-21,23-24H,8-15H2,1-7H3,(H,30,36)(H,31,37)/t17-,18+,19+,20+,21+,23+,24+/m0/s1. The maximum Gasteiger partial charge on any atom is 0.308 e. The first kappa shape index (κ1) is 33.3. The molecule has 0 aromatic heterocycles. The molecule has 3 fully saturated rings. The highest BCUT2D eigenvalue weighted by Gasteiger charge is 2.44. The van der Waals surface area contributed by atoms with E-state index in [0.717, 1.165) is 0 Å². The zero-order valence-corrected chi connectivity index (χ0v) is 25.9. The average molecular weight is 594 g/mol. The van der Waals surface area contributed by atoms with Crippen LogP contribution in [0.3, 0.4) is 0 Å². The summed E-state index contributed by atoms with van der Waals surface area (Å²) in [5.41, 5.74) is 0. The van der Waals surface area contributed by atoms with E-state index in [1.807, 2.05) is 27.7 Å². The minimum atomic E-state index is -1.14. The zero-order chi connectivity index (χ0) is 31.3. The smallest absolute Gasteiger partial charge is 0.308 e. The van der Waals surface area contributed by atoms with Crippen LogP contribution in [-0.4, -0.2) is 120 Å². The summed E-state index contributed by atoms with van der Waals surface area (Å²) in [4.78, 5) is 84.5. The summed E-state index contributed by atoms with van der Waals surface area (Å²) in [6.07, 6.45) is 0.190. The maximum atomic E-state index is 13.9. The molecule has 5 amide bonds. The van der Waals surface area contributed by atoms with Gasteiger partial charge in [0.15, 0.2) is 6.10 Å². The van der Waals surface area contributed by atoms with E-state index in [9.17, 15) is 28.8 Å². The Morgan fingerprint density at radius 2 is 1.62 bits per heavy atom. The van der Waals surface area contributed by atoms with Gasteiger partial charge < -0.3 is 34.8 Å². The summed E-state index contributed by atoms with van der Waals surface area (Å²) in [5.74, 6) is -3.51. The predicted molar refractivity (Wildman–Crippen MR) is 152 cm³/mol. The number of amides is 5. The Morgan fingerprint density at radius 1 is 0.952 bits per heavy atom. The molecule has 3 aliphatic heterocycles. The fourth-order valence-corrected chi connectivity index (χ4v) is 5.55. The van der Waals surface area contributed by atoms with Crippen molar-refractivity contribution in [3.8, 4) is 0 Å². The number of esters is 1. The zero-order valence-electron chi connectivity index (χ0n) is 25.9. The molecule has 0 saturated carbocycles. The third-order valence-electron chi connectivity index (χ3n) is 8.63. The second-order valence-electron chi connectivity index (χ2n) is 12.0. The Hall–Kier alpha value is -3.22. The number of cyclic esters (lactones) is 1. The minimum absolute atomic E-state index is 0.0534. The van der Waals surface area contributed by atoms with Crippen molar-refractivity contribution in [2.24, 2.45) is 11.8 Å². The number of nitrogens with one attached hydrogen (secondary N) is 2. The van der Waals surface area contributed by atoms with Gasteiger partial charge in [0.1, 0.15) is 24.2 Å². The Balaban J connectivity index is 1.98. The highest BCUT2D eigenvalue weighted by atomic mass is 16.6. The molecular weight excluding hydrogens is 546 g/mol. The second-order valence-corrected chi connectivity index (χ2v) is 12.0. The third-order valence-corrected chi connectivity index (χ3v) is 8.63. The van der Waals surface area contributed by atoms with Crippen molar-refractivity contribution < 1.29 is 38.2 Å². The summed E-state index contributed by atoms with van der Waals surface area (Å²) in [7, 11) is 3.03. The molecule has 236 valence electrons. The van der Waals surface area contributed by atoms with E-state index < -0.39 is 65.8 Å². The Kier molecular flexibility index (Phi) is 11.3. The van der Waals surface area contributed by atoms with Gasteiger partial charge in [0.05, 0.1) is 19.1 Å². The van der Waals surface area contributed by atoms with Gasteiger partial charge in [-0.25, -0.2) is 0 Å². The number of rotatable bonds is 5. The van der Waals surface area contributed by atoms with Gasteiger partial charge in [-0.3, -0.25) is 28.8 Å². The quantitative estimate of drug-likeness (QED) is 0.335. The van der Waals surface area contributed by atoms with Crippen LogP contribution in [0.4, 0.5) is 0 Å². The molecule has 0 unspecified atom stereocenters. The molecule has 0 aliphatic carbocycles. The summed E-state index contributed by atoms with van der Waals surface area (Å²) < 4.78 is 10.8. The van der Waals surface area contributed by atoms with E-state index in [0.29, 0.717) is 32.4 Å². The van der Waals surface area contributed by atoms with E-state index in [1.54, 1.807) is 6.92 Å². The van der Waals surface area contributed by atoms with Crippen molar-refractivity contribution in [2.75, 3.05) is 33.8 Å². The lowest BCUT2D eigenvalue weighted by molar-refractivity contribution is -0.162. The topological polar surface area (TPSA) is 158 Å². The molecular formula is C29H47N5O8. The lowest BCUT2D eigenvalue weighted by atomic mass is 9.94. The van der Waals surface area contributed by atoms with Crippen molar-refractivity contribution in [3.05, 3.63) is 0 Å². The van der Waals surface area contributed by atoms with Crippen LogP contribution in [0.25, 0.3) is 0 Å². The van der Waals surface area contributed by atoms with Gasteiger partial charge in [-0.1, -0.05) is 34.1 Å². The van der Waals surface area contributed by atoms with E-state index >= 15 is 0 Å². The number of ether oxygens (including phenoxy) is 2. The summed E-state index contributed by atoms with van der Waals surface area (Å²) >= 11 is 0. The fourth-order valence-electron chi connectivity index (χ4n) is 5.55. The minimum Gasteiger partial charge on any atom is -0.452 e. The first-order valence-electron chi connectivity index (χ1n) is 15.0. The molecule has 0 radical (unpaired) electrons. The van der Waals surface area contributed by atoms with Crippen LogP contribution >= 0.6 is 0 Å². The molecule has 42 heavy (non-hydrogen) atoms. The van der Waals surface area contributed by atoms with Gasteiger partial charge in [0.25, 0.3) is 5.91 Å². The van der Waals surface area contributed by atoms with Crippen LogP contribution in [-0.2, 0) is 38.2 Å². The molecule has 0 bridgehead atoms. The monoisotopic (exact) mass is 593 g/mol. The molecule has 0 aromatic rings. The number of hydrogen-bond acceptors (Lipinski definition) is 8. The van der Waals surface area contributed by atoms with Crippen molar-refractivity contribution >= 4 is 35.5 Å². The van der Waals surface area contributed by atoms with Crippen LogP contribution in [0.5, 0.6) is 0 Å². The molecule has 7 atom stereocenters. The molecule has 0 aromatic carbocycles. The Labute approximate surface area is 248 Å². The highest BCUT2D eigenvalue weighted by molar-refractivity contribution is 5.96. The second kappa shape index (κ2) is 14.3. The number of hydrogen-bond donors (Lipinski definition) is 2. The predicted octanol–water partition coefficient (Wildman–Crippen LogP) is 0.0588. The van der Waals surface area contributed by atoms with Gasteiger partial charge >= 0.3 is 5.97 Å². The van der Waals surface area contributed by atoms with Gasteiger partial charge in [0, 0.05) is 33.6 Å². The van der Waals surface area contributed by atoms with Crippen molar-refractivity contribution in [1.29, 1.82) is 0 Å². The summed E-state index contributed by atoms with van der Waals surface area (Å²) in [6.45, 7) is 9.65. The molecule has 3 aliphatic rings. The summed E-state index contributed by atoms with van der Waals surface area (Å²) in [6, 6.07) is -3.56. The summed E-state index contributed by atoms with van der Waals surface area (Å²) in [5, 5.41) is 5.54. The molecule has 3 rings (SSSR count). The van der Waals surface area contributed by atoms with Crippen LogP contribution in [0.2, 0.25) is 0 Å². The number of fused-ring (bicyclic) bond motifs is 1. The SMILES string of the molecule is CC[C@H](C)[C@H]1NC(=O)[C@H]2CCCN2C(=O)[C@@H](C[C@@H]2CO2)OC(=O)CCNC(=O)[C@@H](C)N(C)C(=O)[C@@H](C(C)C)N(C)C1=O. The highest BCUT2D eigenvalue weighted by Crippen LogP contribution is 2.25. The first-order chi connectivity index (χ1) is 19.8. The van der Waals surface area contributed by atoms with Crippen molar-refractivity contribution in [1.82, 2.24) is 25.3 Å². The largest absolute Gasteiger partial charge is 0.452 e. The van der Waals surface area contributed by atoms with Crippen LogP contribution in [0.15, 0.2) is 0 Å². The molecule has 2 N–H and O–H groups in total. The maximum absolute atomic E-state index is 13.9. The first-order valence-corrected chi connectivity index (χ1v) is 15.0. The van der Waals surface area contributed by atoms with Gasteiger partial charge in [-0.15, -0.1) is 0 Å². The van der Waals surface area contributed by atoms with Gasteiger partial charge in [-0.05, 0) is 31.6 Å². The number of likely N-dealkylation sites (N-methyl/N-ethyl adjacent to an activating group) is 2. The van der Waals surface area contributed by atoms with E-state index in [4.69, 9.17) is 9.47 Å². The van der Waals surface area contributed by atoms with E-state index in [-0.39, 0.29) is 37.3 Å². The molecule has 0 spiro atoms. The normalized spacial score (nSPS) is 31.6. The van der Waals surface area contributed by atoms with E-state index in [2.05, 4.69) is 10.6 Å². The van der Waals surface area contributed by atoms with Gasteiger partial charge in [-0.2, -0.15) is 0 Å². The lowest BCUT2D eigenvalue weighted by Gasteiger charge is -2.38. The Bertz CT molecular complexity index is 1050. The number of epoxide rings is 1. The lowest BCUT2D eigenvalue weighted by Crippen LogP contribution is -2.60.